The van der Waals surface area contributed by atoms with Crippen molar-refractivity contribution in [3.63, 3.8) is 0 Å². The number of carbonyl (C=O) groups excluding carboxylic acids is 2. The van der Waals surface area contributed by atoms with Gasteiger partial charge in [0.2, 0.25) is 11.8 Å². The second-order valence-corrected chi connectivity index (χ2v) is 9.97. The van der Waals surface area contributed by atoms with E-state index < -0.39 is 0 Å². The summed E-state index contributed by atoms with van der Waals surface area (Å²) in [6, 6.07) is 10.4. The molecule has 2 N–H and O–H groups in total. The second-order valence-electron chi connectivity index (χ2n) is 9.97. The fraction of sp³-hybridized carbons (Fsp3) is 0.500. The number of hydrogen-bond donors (Lipinski definition) is 2. The molecule has 1 aromatic carbocycles. The topological polar surface area (TPSA) is 77.6 Å². The Kier molecular flexibility index (Phi) is 6.58. The van der Waals surface area contributed by atoms with Crippen molar-refractivity contribution in [1.29, 1.82) is 0 Å². The van der Waals surface area contributed by atoms with Gasteiger partial charge in [0.15, 0.2) is 0 Å². The largest absolute Gasteiger partial charge is 0.366 e. The molecule has 2 aromatic rings. The number of hydrogen-bond acceptors (Lipinski definition) is 5. The number of nitrogens with one attached hydrogen (secondary N) is 2. The molecule has 33 heavy (non-hydrogen) atoms. The van der Waals surface area contributed by atoms with Crippen molar-refractivity contribution in [3.05, 3.63) is 43.0 Å². The van der Waals surface area contributed by atoms with Gasteiger partial charge in [-0.3, -0.25) is 9.59 Å². The van der Waals surface area contributed by atoms with Gasteiger partial charge < -0.3 is 20.4 Å². The minimum absolute atomic E-state index is 0.00568. The molecule has 7 nitrogen and oxygen atoms in total. The van der Waals surface area contributed by atoms with Gasteiger partial charge in [-0.05, 0) is 36.3 Å². The fourth-order valence-corrected chi connectivity index (χ4v) is 5.18. The standard InChI is InChI=1S/C26H35N5O2/c1-5-24(33)31-16-26(17-31)10-11-30(15-26)22-13-19-8-6-7-9-21(19)25(29-22)28-20(12-18(2)3)14-23(32)27-4/h5-9,13,18,20H,1,10-12,14-17H2,2-4H3,(H,27,32)(H,28,29)/t20-/m0/s1. The Bertz CT molecular complexity index is 1040. The van der Waals surface area contributed by atoms with Crippen LogP contribution in [0.3, 0.4) is 0 Å². The second kappa shape index (κ2) is 9.41. The van der Waals surface area contributed by atoms with Gasteiger partial charge in [0, 0.05) is 56.5 Å². The van der Waals surface area contributed by atoms with E-state index in [4.69, 9.17) is 4.98 Å². The number of fused-ring (bicyclic) bond motifs is 1. The summed E-state index contributed by atoms with van der Waals surface area (Å²) in [5, 5.41) is 8.53. The van der Waals surface area contributed by atoms with Crippen molar-refractivity contribution in [2.24, 2.45) is 11.3 Å². The molecule has 2 aliphatic heterocycles. The maximum absolute atomic E-state index is 12.1. The number of amides is 2. The summed E-state index contributed by atoms with van der Waals surface area (Å²) in [4.78, 5) is 33.3. The first-order valence-electron chi connectivity index (χ1n) is 11.9. The van der Waals surface area contributed by atoms with Crippen LogP contribution in [0.15, 0.2) is 43.0 Å². The molecule has 0 aliphatic carbocycles. The smallest absolute Gasteiger partial charge is 0.245 e. The van der Waals surface area contributed by atoms with E-state index in [0.29, 0.717) is 12.3 Å². The number of pyridine rings is 1. The summed E-state index contributed by atoms with van der Waals surface area (Å²) < 4.78 is 0. The molecule has 1 aromatic heterocycles. The molecule has 2 fully saturated rings. The Morgan fingerprint density at radius 2 is 2.00 bits per heavy atom. The third kappa shape index (κ3) is 4.97. The van der Waals surface area contributed by atoms with Crippen LogP contribution in [0.25, 0.3) is 10.8 Å². The van der Waals surface area contributed by atoms with E-state index in [1.54, 1.807) is 7.05 Å². The number of nitrogens with zero attached hydrogens (tertiary/aromatic N) is 3. The van der Waals surface area contributed by atoms with Crippen LogP contribution in [0, 0.1) is 11.3 Å². The van der Waals surface area contributed by atoms with Crippen molar-refractivity contribution < 1.29 is 9.59 Å². The van der Waals surface area contributed by atoms with Crippen molar-refractivity contribution in [2.45, 2.75) is 39.2 Å². The third-order valence-corrected chi connectivity index (χ3v) is 6.84. The van der Waals surface area contributed by atoms with Gasteiger partial charge >= 0.3 is 0 Å². The highest BCUT2D eigenvalue weighted by atomic mass is 16.2. The SMILES string of the molecule is C=CC(=O)N1CC2(CCN(c3cc4ccccc4c(N[C@H](CC(=O)NC)CC(C)C)n3)C2)C1. The number of likely N-dealkylation sites (tertiary alicyclic amines) is 1. The van der Waals surface area contributed by atoms with Crippen LogP contribution in [-0.4, -0.2) is 61.0 Å². The van der Waals surface area contributed by atoms with Crippen LogP contribution in [0.5, 0.6) is 0 Å². The first-order valence-corrected chi connectivity index (χ1v) is 11.9. The number of carbonyl (C=O) groups is 2. The molecule has 0 unspecified atom stereocenters. The van der Waals surface area contributed by atoms with Crippen molar-refractivity contribution in [1.82, 2.24) is 15.2 Å². The van der Waals surface area contributed by atoms with Gasteiger partial charge in [-0.1, -0.05) is 44.7 Å². The van der Waals surface area contributed by atoms with Crippen LogP contribution in [0.4, 0.5) is 11.6 Å². The Hall–Kier alpha value is -3.09. The summed E-state index contributed by atoms with van der Waals surface area (Å²) in [6.45, 7) is 11.3. The highest BCUT2D eigenvalue weighted by Crippen LogP contribution is 2.41. The monoisotopic (exact) mass is 449 g/mol. The zero-order valence-electron chi connectivity index (χ0n) is 19.9. The van der Waals surface area contributed by atoms with E-state index in [9.17, 15) is 9.59 Å². The van der Waals surface area contributed by atoms with E-state index in [1.807, 2.05) is 17.0 Å². The highest BCUT2D eigenvalue weighted by Gasteiger charge is 2.49. The maximum atomic E-state index is 12.1. The molecule has 2 aliphatic rings. The molecule has 1 atom stereocenters. The van der Waals surface area contributed by atoms with Gasteiger partial charge in [0.1, 0.15) is 11.6 Å². The van der Waals surface area contributed by atoms with E-state index in [1.165, 1.54) is 6.08 Å². The Morgan fingerprint density at radius 3 is 2.70 bits per heavy atom. The van der Waals surface area contributed by atoms with Gasteiger partial charge in [-0.2, -0.15) is 0 Å². The Morgan fingerprint density at radius 1 is 1.24 bits per heavy atom. The quantitative estimate of drug-likeness (QED) is 0.604. The first-order chi connectivity index (χ1) is 15.8. The number of benzene rings is 1. The van der Waals surface area contributed by atoms with Crippen LogP contribution < -0.4 is 15.5 Å². The zero-order chi connectivity index (χ0) is 23.6. The summed E-state index contributed by atoms with van der Waals surface area (Å²) >= 11 is 0. The van der Waals surface area contributed by atoms with Crippen molar-refractivity contribution >= 4 is 34.2 Å². The summed E-state index contributed by atoms with van der Waals surface area (Å²) in [5.41, 5.74) is 0.152. The van der Waals surface area contributed by atoms with E-state index in [-0.39, 0.29) is 23.3 Å². The normalized spacial score (nSPS) is 17.8. The highest BCUT2D eigenvalue weighted by molar-refractivity contribution is 5.94. The third-order valence-electron chi connectivity index (χ3n) is 6.84. The molecule has 2 saturated heterocycles. The molecule has 0 saturated carbocycles. The van der Waals surface area contributed by atoms with Crippen LogP contribution in [0.1, 0.15) is 33.1 Å². The molecule has 7 heteroatoms. The van der Waals surface area contributed by atoms with E-state index in [2.05, 4.69) is 54.2 Å². The van der Waals surface area contributed by atoms with Crippen LogP contribution in [0.2, 0.25) is 0 Å². The predicted octanol–water partition coefficient (Wildman–Crippen LogP) is 3.42. The fourth-order valence-electron chi connectivity index (χ4n) is 5.18. The van der Waals surface area contributed by atoms with Crippen molar-refractivity contribution in [3.8, 4) is 0 Å². The molecular formula is C26H35N5O2. The summed E-state index contributed by atoms with van der Waals surface area (Å²) in [7, 11) is 1.68. The van der Waals surface area contributed by atoms with Gasteiger partial charge in [-0.25, -0.2) is 4.98 Å². The molecule has 0 radical (unpaired) electrons. The summed E-state index contributed by atoms with van der Waals surface area (Å²) in [6.07, 6.45) is 3.75. The van der Waals surface area contributed by atoms with Crippen molar-refractivity contribution in [2.75, 3.05) is 43.4 Å². The Balaban J connectivity index is 1.57. The van der Waals surface area contributed by atoms with Gasteiger partial charge in [0.05, 0.1) is 0 Å². The lowest BCUT2D eigenvalue weighted by Crippen LogP contribution is -2.59. The lowest BCUT2D eigenvalue weighted by atomic mass is 9.79. The molecule has 1 spiro atoms. The van der Waals surface area contributed by atoms with Gasteiger partial charge in [0.25, 0.3) is 0 Å². The number of anilines is 2. The number of aromatic nitrogens is 1. The molecule has 0 bridgehead atoms. The Labute approximate surface area is 196 Å². The minimum Gasteiger partial charge on any atom is -0.366 e. The van der Waals surface area contributed by atoms with Crippen LogP contribution >= 0.6 is 0 Å². The number of rotatable bonds is 8. The van der Waals surface area contributed by atoms with Gasteiger partial charge in [-0.15, -0.1) is 0 Å². The first kappa shape index (κ1) is 23.1. The molecule has 3 heterocycles. The van der Waals surface area contributed by atoms with E-state index in [0.717, 1.165) is 61.4 Å². The van der Waals surface area contributed by atoms with Crippen LogP contribution in [-0.2, 0) is 9.59 Å². The molecule has 2 amide bonds. The lowest BCUT2D eigenvalue weighted by molar-refractivity contribution is -0.136. The summed E-state index contributed by atoms with van der Waals surface area (Å²) in [5.74, 6) is 2.28. The average Bonchev–Trinajstić information content (AvgIpc) is 3.23. The minimum atomic E-state index is 0.00568. The lowest BCUT2D eigenvalue weighted by Gasteiger charge is -2.47. The predicted molar refractivity (Wildman–Crippen MR) is 133 cm³/mol. The molecule has 176 valence electrons. The average molecular weight is 450 g/mol. The maximum Gasteiger partial charge on any atom is 0.245 e. The molecular weight excluding hydrogens is 414 g/mol. The van der Waals surface area contributed by atoms with E-state index >= 15 is 0 Å². The zero-order valence-corrected chi connectivity index (χ0v) is 19.9. The molecule has 4 rings (SSSR count).